The molecule has 0 unspecified atom stereocenters. The van der Waals surface area contributed by atoms with Crippen molar-refractivity contribution in [1.82, 2.24) is 14.9 Å². The quantitative estimate of drug-likeness (QED) is 0.849. The molecule has 21 heavy (non-hydrogen) atoms. The van der Waals surface area contributed by atoms with Gasteiger partial charge in [-0.05, 0) is 25.2 Å². The lowest BCUT2D eigenvalue weighted by atomic mass is 10.1. The Hall–Kier alpha value is -1.36. The van der Waals surface area contributed by atoms with Gasteiger partial charge in [-0.25, -0.2) is 9.97 Å². The van der Waals surface area contributed by atoms with Crippen molar-refractivity contribution in [1.29, 1.82) is 0 Å². The molecule has 1 fully saturated rings. The first-order chi connectivity index (χ1) is 10.1. The largest absolute Gasteiger partial charge is 0.369 e. The highest BCUT2D eigenvalue weighted by Crippen LogP contribution is 2.27. The summed E-state index contributed by atoms with van der Waals surface area (Å²) < 4.78 is 0. The van der Waals surface area contributed by atoms with Crippen molar-refractivity contribution in [2.24, 2.45) is 0 Å². The van der Waals surface area contributed by atoms with E-state index in [-0.39, 0.29) is 11.8 Å². The highest BCUT2D eigenvalue weighted by atomic mass is 35.5. The molecular formula is C15H23ClN4O. The molecule has 1 N–H and O–H groups in total. The summed E-state index contributed by atoms with van der Waals surface area (Å²) in [6, 6.07) is 0. The molecule has 1 saturated heterocycles. The predicted molar refractivity (Wildman–Crippen MR) is 84.7 cm³/mol. The van der Waals surface area contributed by atoms with Gasteiger partial charge >= 0.3 is 0 Å². The van der Waals surface area contributed by atoms with E-state index >= 15 is 0 Å². The van der Waals surface area contributed by atoms with Crippen LogP contribution in [-0.2, 0) is 4.79 Å². The lowest BCUT2D eigenvalue weighted by Gasteiger charge is -2.26. The maximum atomic E-state index is 12.1. The van der Waals surface area contributed by atoms with Gasteiger partial charge < -0.3 is 10.2 Å². The molecule has 0 spiro atoms. The molecule has 2 heterocycles. The van der Waals surface area contributed by atoms with E-state index in [1.54, 1.807) is 0 Å². The number of hydrogen-bond acceptors (Lipinski definition) is 4. The fourth-order valence-corrected chi connectivity index (χ4v) is 2.97. The third-order valence-electron chi connectivity index (χ3n) is 3.75. The van der Waals surface area contributed by atoms with Gasteiger partial charge in [0.25, 0.3) is 0 Å². The predicted octanol–water partition coefficient (Wildman–Crippen LogP) is 3.07. The van der Waals surface area contributed by atoms with E-state index in [4.69, 9.17) is 11.6 Å². The maximum absolute atomic E-state index is 12.1. The number of rotatable bonds is 5. The zero-order valence-corrected chi connectivity index (χ0v) is 13.5. The monoisotopic (exact) mass is 310 g/mol. The van der Waals surface area contributed by atoms with Gasteiger partial charge in [-0.15, -0.1) is 0 Å². The summed E-state index contributed by atoms with van der Waals surface area (Å²) in [5.74, 6) is 1.18. The van der Waals surface area contributed by atoms with Gasteiger partial charge in [-0.2, -0.15) is 0 Å². The first-order valence-electron chi connectivity index (χ1n) is 7.61. The number of hydrogen-bond donors (Lipinski definition) is 1. The van der Waals surface area contributed by atoms with E-state index < -0.39 is 0 Å². The lowest BCUT2D eigenvalue weighted by Crippen LogP contribution is -2.36. The first-order valence-corrected chi connectivity index (χ1v) is 7.99. The van der Waals surface area contributed by atoms with Gasteiger partial charge in [-0.1, -0.05) is 25.4 Å². The van der Waals surface area contributed by atoms with Crippen LogP contribution in [0.1, 0.15) is 51.0 Å². The van der Waals surface area contributed by atoms with Crippen LogP contribution in [0.15, 0.2) is 6.33 Å². The number of piperidine rings is 1. The molecule has 0 aromatic carbocycles. The second kappa shape index (κ2) is 7.59. The molecule has 5 nitrogen and oxygen atoms in total. The number of carbonyl (C=O) groups is 1. The van der Waals surface area contributed by atoms with Crippen LogP contribution < -0.4 is 5.32 Å². The fourth-order valence-electron chi connectivity index (χ4n) is 2.62. The average Bonchev–Trinajstić information content (AvgIpc) is 2.47. The Kier molecular flexibility index (Phi) is 5.79. The molecule has 0 aliphatic carbocycles. The van der Waals surface area contributed by atoms with E-state index in [0.29, 0.717) is 18.1 Å². The van der Waals surface area contributed by atoms with Gasteiger partial charge in [0.05, 0.1) is 0 Å². The Morgan fingerprint density at radius 2 is 2.05 bits per heavy atom. The first kappa shape index (κ1) is 16.0. The van der Waals surface area contributed by atoms with Crippen molar-refractivity contribution < 1.29 is 4.79 Å². The van der Waals surface area contributed by atoms with Crippen molar-refractivity contribution in [2.45, 2.75) is 45.4 Å². The zero-order chi connectivity index (χ0) is 15.2. The van der Waals surface area contributed by atoms with Crippen molar-refractivity contribution in [3.63, 3.8) is 0 Å². The summed E-state index contributed by atoms with van der Waals surface area (Å²) in [6.07, 6.45) is 5.41. The number of likely N-dealkylation sites (tertiary alicyclic amines) is 1. The van der Waals surface area contributed by atoms with Crippen LogP contribution in [0.3, 0.4) is 0 Å². The smallest absolute Gasteiger partial charge is 0.224 e. The van der Waals surface area contributed by atoms with E-state index in [1.807, 2.05) is 4.90 Å². The lowest BCUT2D eigenvalue weighted by molar-refractivity contribution is -0.131. The van der Waals surface area contributed by atoms with Gasteiger partial charge in [0, 0.05) is 31.6 Å². The summed E-state index contributed by atoms with van der Waals surface area (Å²) in [6.45, 7) is 6.47. The summed E-state index contributed by atoms with van der Waals surface area (Å²) in [5, 5.41) is 3.70. The minimum atomic E-state index is 0.216. The number of halogens is 1. The topological polar surface area (TPSA) is 58.1 Å². The van der Waals surface area contributed by atoms with Crippen LogP contribution in [0.2, 0.25) is 5.15 Å². The number of nitrogens with zero attached hydrogens (tertiary/aromatic N) is 3. The number of aromatic nitrogens is 2. The van der Waals surface area contributed by atoms with Gasteiger partial charge in [0.15, 0.2) is 0 Å². The molecule has 116 valence electrons. The Morgan fingerprint density at radius 1 is 1.33 bits per heavy atom. The molecule has 0 bridgehead atoms. The molecule has 1 aromatic heterocycles. The van der Waals surface area contributed by atoms with E-state index in [2.05, 4.69) is 29.1 Å². The Morgan fingerprint density at radius 3 is 2.71 bits per heavy atom. The van der Waals surface area contributed by atoms with Crippen LogP contribution in [0.4, 0.5) is 5.82 Å². The Bertz CT molecular complexity index is 487. The van der Waals surface area contributed by atoms with Crippen molar-refractivity contribution in [3.05, 3.63) is 17.0 Å². The summed E-state index contributed by atoms with van der Waals surface area (Å²) in [7, 11) is 0. The molecule has 6 heteroatoms. The maximum Gasteiger partial charge on any atom is 0.224 e. The van der Waals surface area contributed by atoms with Gasteiger partial charge in [0.2, 0.25) is 5.91 Å². The number of nitrogens with one attached hydrogen (secondary N) is 1. The number of carbonyl (C=O) groups excluding carboxylic acids is 1. The van der Waals surface area contributed by atoms with Crippen LogP contribution >= 0.6 is 11.6 Å². The molecular weight excluding hydrogens is 288 g/mol. The SMILES string of the molecule is CC(C)c1c(Cl)ncnc1NCCC(=O)N1CCCCC1. The standard InChI is InChI=1S/C15H23ClN4O/c1-11(2)13-14(16)18-10-19-15(13)17-7-6-12(21)20-8-4-3-5-9-20/h10-11H,3-9H2,1-2H3,(H,17,18,19). The van der Waals surface area contributed by atoms with Crippen molar-refractivity contribution in [2.75, 3.05) is 25.0 Å². The molecule has 0 saturated carbocycles. The minimum absolute atomic E-state index is 0.216. The summed E-state index contributed by atoms with van der Waals surface area (Å²) in [5.41, 5.74) is 0.907. The molecule has 1 aliphatic heterocycles. The van der Waals surface area contributed by atoms with Crippen LogP contribution in [0, 0.1) is 0 Å². The highest BCUT2D eigenvalue weighted by Gasteiger charge is 2.17. The van der Waals surface area contributed by atoms with Gasteiger partial charge in [0.1, 0.15) is 17.3 Å². The Balaban J connectivity index is 1.88. The summed E-state index contributed by atoms with van der Waals surface area (Å²) in [4.78, 5) is 22.3. The number of anilines is 1. The normalized spacial score (nSPS) is 15.3. The molecule has 1 aromatic rings. The average molecular weight is 311 g/mol. The van der Waals surface area contributed by atoms with Crippen molar-refractivity contribution in [3.8, 4) is 0 Å². The third kappa shape index (κ3) is 4.30. The molecule has 2 rings (SSSR count). The van der Waals surface area contributed by atoms with Crippen LogP contribution in [-0.4, -0.2) is 40.4 Å². The van der Waals surface area contributed by atoms with Crippen LogP contribution in [0.5, 0.6) is 0 Å². The third-order valence-corrected chi connectivity index (χ3v) is 4.05. The van der Waals surface area contributed by atoms with E-state index in [9.17, 15) is 4.79 Å². The second-order valence-corrected chi connectivity index (χ2v) is 6.06. The molecule has 1 aliphatic rings. The molecule has 0 atom stereocenters. The number of amides is 1. The second-order valence-electron chi connectivity index (χ2n) is 5.70. The Labute approximate surface area is 131 Å². The van der Waals surface area contributed by atoms with E-state index in [1.165, 1.54) is 12.7 Å². The van der Waals surface area contributed by atoms with E-state index in [0.717, 1.165) is 37.3 Å². The minimum Gasteiger partial charge on any atom is -0.369 e. The highest BCUT2D eigenvalue weighted by molar-refractivity contribution is 6.30. The van der Waals surface area contributed by atoms with Crippen molar-refractivity contribution >= 4 is 23.3 Å². The molecule has 1 amide bonds. The summed E-state index contributed by atoms with van der Waals surface area (Å²) >= 11 is 6.12. The van der Waals surface area contributed by atoms with Crippen LogP contribution in [0.25, 0.3) is 0 Å². The zero-order valence-electron chi connectivity index (χ0n) is 12.7. The van der Waals surface area contributed by atoms with Gasteiger partial charge in [-0.3, -0.25) is 4.79 Å². The fraction of sp³-hybridized carbons (Fsp3) is 0.667. The molecule has 0 radical (unpaired) electrons.